The van der Waals surface area contributed by atoms with Gasteiger partial charge in [0.15, 0.2) is 0 Å². The molecular formula is C7H13NaO4S. The van der Waals surface area contributed by atoms with Gasteiger partial charge in [-0.2, -0.15) is 0 Å². The van der Waals surface area contributed by atoms with Gasteiger partial charge in [0, 0.05) is 18.0 Å². The zero-order valence-corrected chi connectivity index (χ0v) is 10.9. The maximum atomic E-state index is 10.6. The molecule has 0 aliphatic carbocycles. The van der Waals surface area contributed by atoms with E-state index in [-0.39, 0.29) is 41.7 Å². The zero-order chi connectivity index (χ0) is 9.61. The van der Waals surface area contributed by atoms with E-state index in [0.29, 0.717) is 19.3 Å². The maximum absolute atomic E-state index is 10.6. The van der Waals surface area contributed by atoms with Crippen LogP contribution in [-0.4, -0.2) is 26.4 Å². The summed E-state index contributed by atoms with van der Waals surface area (Å²) >= 11 is 0. The van der Waals surface area contributed by atoms with E-state index < -0.39 is 15.8 Å². The molecule has 0 aromatic carbocycles. The van der Waals surface area contributed by atoms with E-state index in [0.717, 1.165) is 0 Å². The van der Waals surface area contributed by atoms with E-state index >= 15 is 0 Å². The molecule has 0 fully saturated rings. The average Bonchev–Trinajstić information content (AvgIpc) is 1.83. The Morgan fingerprint density at radius 2 is 1.77 bits per heavy atom. The first kappa shape index (κ1) is 15.9. The zero-order valence-electron chi connectivity index (χ0n) is 8.08. The van der Waals surface area contributed by atoms with Gasteiger partial charge in [0.1, 0.15) is 9.84 Å². The van der Waals surface area contributed by atoms with Crippen molar-refractivity contribution in [3.63, 3.8) is 0 Å². The number of unbranched alkanes of at least 4 members (excludes halogenated alkanes) is 2. The van der Waals surface area contributed by atoms with Crippen LogP contribution in [0.25, 0.3) is 0 Å². The second kappa shape index (κ2) is 7.79. The molecule has 0 saturated heterocycles. The largest absolute Gasteiger partial charge is 1.00 e. The number of sulfone groups is 1. The van der Waals surface area contributed by atoms with Crippen molar-refractivity contribution >= 4 is 15.8 Å². The summed E-state index contributed by atoms with van der Waals surface area (Å²) < 4.78 is 21.2. The molecule has 0 aromatic heterocycles. The Morgan fingerprint density at radius 1 is 1.23 bits per heavy atom. The standard InChI is InChI=1S/C7H14O4S.Na/c1-12(10,11)6-4-2-3-5-7(8)9;/h2-6H2,1H3,(H,8,9);/q;+1/p-1. The Labute approximate surface area is 101 Å². The van der Waals surface area contributed by atoms with Crippen LogP contribution in [0.2, 0.25) is 0 Å². The van der Waals surface area contributed by atoms with E-state index in [1.165, 1.54) is 6.26 Å². The summed E-state index contributed by atoms with van der Waals surface area (Å²) in [7, 11) is -2.89. The number of carbonyl (C=O) groups is 1. The monoisotopic (exact) mass is 216 g/mol. The second-order valence-corrected chi connectivity index (χ2v) is 5.07. The molecule has 6 heteroatoms. The van der Waals surface area contributed by atoms with Crippen LogP contribution in [0.3, 0.4) is 0 Å². The van der Waals surface area contributed by atoms with Crippen LogP contribution >= 0.6 is 0 Å². The number of hydrogen-bond donors (Lipinski definition) is 0. The summed E-state index contributed by atoms with van der Waals surface area (Å²) in [5, 5.41) is 9.93. The van der Waals surface area contributed by atoms with Crippen molar-refractivity contribution in [2.75, 3.05) is 12.0 Å². The molecular weight excluding hydrogens is 203 g/mol. The third kappa shape index (κ3) is 15.2. The SMILES string of the molecule is CS(=O)(=O)CCCCCC(=O)[O-].[Na+]. The van der Waals surface area contributed by atoms with E-state index in [9.17, 15) is 18.3 Å². The number of carboxylic acid groups (broad SMARTS) is 1. The molecule has 0 unspecified atom stereocenters. The number of rotatable bonds is 6. The van der Waals surface area contributed by atoms with Crippen molar-refractivity contribution in [3.8, 4) is 0 Å². The number of carboxylic acids is 1. The fourth-order valence-corrected chi connectivity index (χ4v) is 1.54. The first-order chi connectivity index (χ1) is 5.42. The van der Waals surface area contributed by atoms with Gasteiger partial charge in [-0.3, -0.25) is 0 Å². The molecule has 4 nitrogen and oxygen atoms in total. The van der Waals surface area contributed by atoms with Crippen LogP contribution in [0.1, 0.15) is 25.7 Å². The fourth-order valence-electron chi connectivity index (χ4n) is 0.810. The summed E-state index contributed by atoms with van der Waals surface area (Å²) in [6.45, 7) is 0. The molecule has 0 amide bonds. The molecule has 0 radical (unpaired) electrons. The molecule has 0 aromatic rings. The van der Waals surface area contributed by atoms with Crippen molar-refractivity contribution < 1.29 is 47.9 Å². The van der Waals surface area contributed by atoms with Crippen molar-refractivity contribution in [3.05, 3.63) is 0 Å². The normalized spacial score (nSPS) is 10.5. The van der Waals surface area contributed by atoms with Gasteiger partial charge in [-0.15, -0.1) is 0 Å². The van der Waals surface area contributed by atoms with Crippen LogP contribution < -0.4 is 34.7 Å². The summed E-state index contributed by atoms with van der Waals surface area (Å²) in [6.07, 6.45) is 2.85. The quantitative estimate of drug-likeness (QED) is 0.339. The van der Waals surface area contributed by atoms with Gasteiger partial charge < -0.3 is 9.90 Å². The van der Waals surface area contributed by atoms with E-state index in [1.54, 1.807) is 0 Å². The minimum absolute atomic E-state index is 0. The molecule has 72 valence electrons. The summed E-state index contributed by atoms with van der Waals surface area (Å²) in [5.74, 6) is -0.936. The maximum Gasteiger partial charge on any atom is 1.00 e. The Kier molecular flexibility index (Phi) is 9.51. The predicted molar refractivity (Wildman–Crippen MR) is 43.2 cm³/mol. The molecule has 0 rings (SSSR count). The number of aliphatic carboxylic acids is 1. The molecule has 0 saturated carbocycles. The summed E-state index contributed by atoms with van der Waals surface area (Å²) in [6, 6.07) is 0. The van der Waals surface area contributed by atoms with Crippen LogP contribution in [0.15, 0.2) is 0 Å². The Hall–Kier alpha value is 0.420. The third-order valence-corrected chi connectivity index (χ3v) is 2.43. The fraction of sp³-hybridized carbons (Fsp3) is 0.857. The molecule has 0 aliphatic heterocycles. The van der Waals surface area contributed by atoms with Gasteiger partial charge in [0.25, 0.3) is 0 Å². The minimum atomic E-state index is -2.89. The van der Waals surface area contributed by atoms with Crippen molar-refractivity contribution in [2.45, 2.75) is 25.7 Å². The van der Waals surface area contributed by atoms with Gasteiger partial charge >= 0.3 is 29.6 Å². The molecule has 0 spiro atoms. The van der Waals surface area contributed by atoms with Gasteiger partial charge in [0.2, 0.25) is 0 Å². The van der Waals surface area contributed by atoms with Crippen molar-refractivity contribution in [1.29, 1.82) is 0 Å². The van der Waals surface area contributed by atoms with Crippen LogP contribution in [-0.2, 0) is 14.6 Å². The Balaban J connectivity index is 0. The third-order valence-electron chi connectivity index (χ3n) is 1.40. The van der Waals surface area contributed by atoms with Crippen molar-refractivity contribution in [1.82, 2.24) is 0 Å². The van der Waals surface area contributed by atoms with Gasteiger partial charge in [-0.1, -0.05) is 6.42 Å². The predicted octanol–water partition coefficient (Wildman–Crippen LogP) is -3.65. The Bertz CT molecular complexity index is 235. The second-order valence-electron chi connectivity index (χ2n) is 2.81. The average molecular weight is 216 g/mol. The first-order valence-corrected chi connectivity index (χ1v) is 5.85. The van der Waals surface area contributed by atoms with Crippen molar-refractivity contribution in [2.24, 2.45) is 0 Å². The topological polar surface area (TPSA) is 74.3 Å². The molecule has 0 heterocycles. The number of hydrogen-bond acceptors (Lipinski definition) is 4. The molecule has 0 atom stereocenters. The van der Waals surface area contributed by atoms with Crippen LogP contribution in [0.5, 0.6) is 0 Å². The minimum Gasteiger partial charge on any atom is -0.550 e. The van der Waals surface area contributed by atoms with Crippen LogP contribution in [0, 0.1) is 0 Å². The van der Waals surface area contributed by atoms with E-state index in [4.69, 9.17) is 0 Å². The first-order valence-electron chi connectivity index (χ1n) is 3.79. The molecule has 0 N–H and O–H groups in total. The smallest absolute Gasteiger partial charge is 0.550 e. The van der Waals surface area contributed by atoms with Crippen LogP contribution in [0.4, 0.5) is 0 Å². The van der Waals surface area contributed by atoms with Gasteiger partial charge in [-0.25, -0.2) is 8.42 Å². The molecule has 13 heavy (non-hydrogen) atoms. The van der Waals surface area contributed by atoms with E-state index in [2.05, 4.69) is 0 Å². The molecule has 0 bridgehead atoms. The molecule has 0 aliphatic rings. The summed E-state index contributed by atoms with van der Waals surface area (Å²) in [5.41, 5.74) is 0. The van der Waals surface area contributed by atoms with E-state index in [1.807, 2.05) is 0 Å². The van der Waals surface area contributed by atoms with Gasteiger partial charge in [0.05, 0.1) is 0 Å². The Morgan fingerprint density at radius 3 is 2.15 bits per heavy atom. The number of carbonyl (C=O) groups excluding carboxylic acids is 1. The van der Waals surface area contributed by atoms with Gasteiger partial charge in [-0.05, 0) is 19.3 Å². The summed E-state index contributed by atoms with van der Waals surface area (Å²) in [4.78, 5) is 9.93.